The van der Waals surface area contributed by atoms with E-state index in [9.17, 15) is 9.59 Å². The summed E-state index contributed by atoms with van der Waals surface area (Å²) in [5, 5.41) is 2.75. The molecule has 0 saturated carbocycles. The number of methoxy groups -OCH3 is 2. The van der Waals surface area contributed by atoms with Crippen LogP contribution in [0, 0.1) is 5.41 Å². The lowest BCUT2D eigenvalue weighted by Crippen LogP contribution is -2.24. The van der Waals surface area contributed by atoms with E-state index in [1.807, 2.05) is 24.3 Å². The van der Waals surface area contributed by atoms with Gasteiger partial charge in [0.1, 0.15) is 18.1 Å². The van der Waals surface area contributed by atoms with Crippen molar-refractivity contribution in [2.45, 2.75) is 46.5 Å². The Hall–Kier alpha value is -3.06. The first-order chi connectivity index (χ1) is 15.9. The summed E-state index contributed by atoms with van der Waals surface area (Å²) in [7, 11) is 2.87. The minimum absolute atomic E-state index is 0.0258. The number of hydrogen-bond donors (Lipinski definition) is 1. The quantitative estimate of drug-likeness (QED) is 0.357. The van der Waals surface area contributed by atoms with E-state index in [1.54, 1.807) is 19.2 Å². The maximum Gasteiger partial charge on any atom is 0.337 e. The van der Waals surface area contributed by atoms with E-state index >= 15 is 0 Å². The third-order valence-electron chi connectivity index (χ3n) is 5.20. The summed E-state index contributed by atoms with van der Waals surface area (Å²) < 4.78 is 21.1. The number of nitrogens with one attached hydrogen (secondary N) is 1. The highest BCUT2D eigenvalue weighted by atomic mass is 16.5. The fraction of sp³-hybridized carbons (Fsp3) is 0.481. The van der Waals surface area contributed by atoms with Gasteiger partial charge >= 0.3 is 5.97 Å². The summed E-state index contributed by atoms with van der Waals surface area (Å²) in [5.41, 5.74) is 2.11. The molecule has 0 bridgehead atoms. The topological polar surface area (TPSA) is 83.1 Å². The number of rotatable bonds is 11. The average molecular weight is 472 g/mol. The molecule has 1 N–H and O–H groups in total. The molecule has 0 spiro atoms. The van der Waals surface area contributed by atoms with Gasteiger partial charge in [-0.3, -0.25) is 4.79 Å². The Bertz CT molecular complexity index is 960. The highest BCUT2D eigenvalue weighted by Gasteiger charge is 2.27. The lowest BCUT2D eigenvalue weighted by Gasteiger charge is -2.33. The zero-order valence-electron chi connectivity index (χ0n) is 21.3. The van der Waals surface area contributed by atoms with Crippen molar-refractivity contribution in [1.29, 1.82) is 0 Å². The fourth-order valence-corrected chi connectivity index (χ4v) is 4.00. The highest BCUT2D eigenvalue weighted by Crippen LogP contribution is 2.36. The lowest BCUT2D eigenvalue weighted by atomic mass is 9.72. The van der Waals surface area contributed by atoms with Gasteiger partial charge in [-0.25, -0.2) is 4.79 Å². The molecule has 2 aromatic carbocycles. The van der Waals surface area contributed by atoms with Gasteiger partial charge in [-0.15, -0.1) is 0 Å². The van der Waals surface area contributed by atoms with Gasteiger partial charge < -0.3 is 24.3 Å². The number of anilines is 1. The van der Waals surface area contributed by atoms with Crippen molar-refractivity contribution < 1.29 is 28.5 Å². The number of benzene rings is 2. The Balaban J connectivity index is 2.04. The maximum absolute atomic E-state index is 12.6. The van der Waals surface area contributed by atoms with Crippen molar-refractivity contribution in [2.75, 3.05) is 39.4 Å². The molecular formula is C27H37NO6. The summed E-state index contributed by atoms with van der Waals surface area (Å²) in [6.45, 7) is 11.7. The number of ether oxygens (including phenoxy) is 4. The van der Waals surface area contributed by atoms with Crippen LogP contribution in [0.1, 0.15) is 57.0 Å². The van der Waals surface area contributed by atoms with Crippen LogP contribution in [-0.4, -0.2) is 45.9 Å². The largest absolute Gasteiger partial charge is 0.489 e. The van der Waals surface area contributed by atoms with E-state index < -0.39 is 5.97 Å². The van der Waals surface area contributed by atoms with Crippen LogP contribution in [0.5, 0.6) is 11.5 Å². The molecule has 0 aliphatic carbocycles. The van der Waals surface area contributed by atoms with Gasteiger partial charge in [0.25, 0.3) is 5.91 Å². The van der Waals surface area contributed by atoms with E-state index in [0.717, 1.165) is 6.42 Å². The molecule has 0 atom stereocenters. The second kappa shape index (κ2) is 11.9. The first kappa shape index (κ1) is 27.2. The van der Waals surface area contributed by atoms with Gasteiger partial charge in [-0.1, -0.05) is 46.8 Å². The van der Waals surface area contributed by atoms with Crippen molar-refractivity contribution in [1.82, 2.24) is 0 Å². The Kier molecular flexibility index (Phi) is 9.50. The molecule has 7 nitrogen and oxygen atoms in total. The third kappa shape index (κ3) is 8.37. The first-order valence-corrected chi connectivity index (χ1v) is 11.3. The van der Waals surface area contributed by atoms with Gasteiger partial charge in [0, 0.05) is 7.11 Å². The molecule has 0 unspecified atom stereocenters. The minimum atomic E-state index is -0.510. The van der Waals surface area contributed by atoms with Gasteiger partial charge in [0.15, 0.2) is 6.61 Å². The van der Waals surface area contributed by atoms with Crippen LogP contribution >= 0.6 is 0 Å². The summed E-state index contributed by atoms with van der Waals surface area (Å²) in [6, 6.07) is 12.5. The molecule has 1 amide bonds. The van der Waals surface area contributed by atoms with Crippen LogP contribution < -0.4 is 14.8 Å². The summed E-state index contributed by atoms with van der Waals surface area (Å²) in [6.07, 6.45) is 1.04. The van der Waals surface area contributed by atoms with Crippen LogP contribution in [0.15, 0.2) is 42.5 Å². The smallest absolute Gasteiger partial charge is 0.337 e. The molecule has 7 heteroatoms. The van der Waals surface area contributed by atoms with Crippen LogP contribution in [-0.2, 0) is 19.7 Å². The van der Waals surface area contributed by atoms with E-state index in [1.165, 1.54) is 18.7 Å². The predicted octanol–water partition coefficient (Wildman–Crippen LogP) is 5.23. The van der Waals surface area contributed by atoms with E-state index in [-0.39, 0.29) is 23.3 Å². The molecule has 34 heavy (non-hydrogen) atoms. The molecule has 0 saturated heterocycles. The number of hydrogen-bond acceptors (Lipinski definition) is 6. The summed E-state index contributed by atoms with van der Waals surface area (Å²) >= 11 is 0. The van der Waals surface area contributed by atoms with E-state index in [0.29, 0.717) is 36.0 Å². The monoisotopic (exact) mass is 471 g/mol. The zero-order valence-corrected chi connectivity index (χ0v) is 21.3. The zero-order chi connectivity index (χ0) is 25.4. The van der Waals surface area contributed by atoms with E-state index in [4.69, 9.17) is 18.9 Å². The molecule has 0 heterocycles. The first-order valence-electron chi connectivity index (χ1n) is 11.3. The van der Waals surface area contributed by atoms with Crippen molar-refractivity contribution in [2.24, 2.45) is 5.41 Å². The van der Waals surface area contributed by atoms with Crippen molar-refractivity contribution in [3.8, 4) is 11.5 Å². The normalized spacial score (nSPS) is 11.6. The molecule has 0 radical (unpaired) electrons. The number of carbonyl (C=O) groups is 2. The molecule has 0 fully saturated rings. The minimum Gasteiger partial charge on any atom is -0.489 e. The number of carbonyl (C=O) groups excluding carboxylic acids is 2. The van der Waals surface area contributed by atoms with Gasteiger partial charge in [-0.2, -0.15) is 0 Å². The number of amides is 1. The Labute approximate surface area is 202 Å². The summed E-state index contributed by atoms with van der Waals surface area (Å²) in [5.74, 6) is 0.134. The average Bonchev–Trinajstić information content (AvgIpc) is 2.77. The fourth-order valence-electron chi connectivity index (χ4n) is 4.00. The molecular weight excluding hydrogens is 434 g/mol. The van der Waals surface area contributed by atoms with Crippen molar-refractivity contribution in [3.05, 3.63) is 53.6 Å². The van der Waals surface area contributed by atoms with Crippen LogP contribution in [0.4, 0.5) is 5.69 Å². The van der Waals surface area contributed by atoms with Crippen LogP contribution in [0.2, 0.25) is 0 Å². The molecule has 0 aliphatic heterocycles. The molecule has 0 aromatic heterocycles. The van der Waals surface area contributed by atoms with E-state index in [2.05, 4.69) is 39.9 Å². The second-order valence-electron chi connectivity index (χ2n) is 10.0. The van der Waals surface area contributed by atoms with Gasteiger partial charge in [0.05, 0.1) is 25.0 Å². The van der Waals surface area contributed by atoms with Crippen molar-refractivity contribution in [3.63, 3.8) is 0 Å². The lowest BCUT2D eigenvalue weighted by molar-refractivity contribution is -0.118. The Morgan fingerprint density at radius 3 is 2.15 bits per heavy atom. The molecule has 2 rings (SSSR count). The Morgan fingerprint density at radius 1 is 0.882 bits per heavy atom. The predicted molar refractivity (Wildman–Crippen MR) is 133 cm³/mol. The second-order valence-corrected chi connectivity index (χ2v) is 10.0. The van der Waals surface area contributed by atoms with Gasteiger partial charge in [-0.05, 0) is 53.1 Å². The van der Waals surface area contributed by atoms with Crippen LogP contribution in [0.25, 0.3) is 0 Å². The van der Waals surface area contributed by atoms with Gasteiger partial charge in [0.2, 0.25) is 0 Å². The third-order valence-corrected chi connectivity index (χ3v) is 5.20. The standard InChI is InChI=1S/C27H37NO6/c1-26(2,3)18-27(4,5)20-9-11-21(12-10-20)34-17-24(29)28-22-16-19(25(30)32-7)8-13-23(22)33-15-14-31-6/h8-13,16H,14-15,17-18H2,1-7H3,(H,28,29). The molecule has 186 valence electrons. The van der Waals surface area contributed by atoms with Crippen LogP contribution in [0.3, 0.4) is 0 Å². The summed E-state index contributed by atoms with van der Waals surface area (Å²) in [4.78, 5) is 24.5. The van der Waals surface area contributed by atoms with Crippen molar-refractivity contribution >= 4 is 17.6 Å². The highest BCUT2D eigenvalue weighted by molar-refractivity contribution is 5.96. The molecule has 0 aliphatic rings. The number of esters is 1. The molecule has 2 aromatic rings. The Morgan fingerprint density at radius 2 is 1.56 bits per heavy atom. The SMILES string of the molecule is COCCOc1ccc(C(=O)OC)cc1NC(=O)COc1ccc(C(C)(C)CC(C)(C)C)cc1. The maximum atomic E-state index is 12.6.